The van der Waals surface area contributed by atoms with Crippen molar-refractivity contribution in [3.05, 3.63) is 34.9 Å². The van der Waals surface area contributed by atoms with E-state index in [0.29, 0.717) is 29.6 Å². The molecule has 0 bridgehead atoms. The van der Waals surface area contributed by atoms with Crippen LogP contribution in [0.2, 0.25) is 0 Å². The van der Waals surface area contributed by atoms with Crippen LogP contribution < -0.4 is 0 Å². The lowest BCUT2D eigenvalue weighted by Gasteiger charge is -2.50. The van der Waals surface area contributed by atoms with E-state index >= 15 is 0 Å². The highest BCUT2D eigenvalue weighted by atomic mass is 16.6. The molecule has 0 heterocycles. The number of hydrogen-bond donors (Lipinski definition) is 2. The molecule has 2 fully saturated rings. The molecule has 0 aliphatic heterocycles. The second-order valence-corrected chi connectivity index (χ2v) is 14.1. The molecule has 0 aromatic rings. The van der Waals surface area contributed by atoms with E-state index < -0.39 is 45.8 Å². The number of Topliss-reactive ketones (excluding diaryl/α,β-unsaturated/α-hetero) is 1. The molecule has 2 saturated carbocycles. The zero-order chi connectivity index (χ0) is 31.1. The molecule has 0 amide bonds. The average Bonchev–Trinajstić information content (AvgIpc) is 3.34. The predicted octanol–water partition coefficient (Wildman–Crippen LogP) is 6.17. The van der Waals surface area contributed by atoms with Gasteiger partial charge in [-0.15, -0.1) is 0 Å². The summed E-state index contributed by atoms with van der Waals surface area (Å²) >= 11 is 0. The van der Waals surface area contributed by atoms with Gasteiger partial charge in [0, 0.05) is 41.6 Å². The molecule has 7 nitrogen and oxygen atoms in total. The first-order valence-corrected chi connectivity index (χ1v) is 16.1. The van der Waals surface area contributed by atoms with Gasteiger partial charge in [-0.3, -0.25) is 9.59 Å². The van der Waals surface area contributed by atoms with Crippen LogP contribution in [0.15, 0.2) is 34.9 Å². The molecule has 4 aliphatic carbocycles. The maximum Gasteiger partial charge on any atom is 0.333 e. The van der Waals surface area contributed by atoms with Crippen molar-refractivity contribution in [1.29, 1.82) is 0 Å². The van der Waals surface area contributed by atoms with Crippen molar-refractivity contribution in [3.63, 3.8) is 0 Å². The van der Waals surface area contributed by atoms with Crippen LogP contribution >= 0.6 is 0 Å². The molecule has 0 unspecified atom stereocenters. The summed E-state index contributed by atoms with van der Waals surface area (Å²) in [7, 11) is 0. The first-order valence-electron chi connectivity index (χ1n) is 16.1. The van der Waals surface area contributed by atoms with E-state index in [1.54, 1.807) is 32.9 Å². The Hall–Kier alpha value is -2.25. The van der Waals surface area contributed by atoms with E-state index in [1.807, 2.05) is 13.0 Å². The number of ether oxygens (including phenoxy) is 2. The topological polar surface area (TPSA) is 110 Å². The van der Waals surface area contributed by atoms with E-state index in [4.69, 9.17) is 9.47 Å². The van der Waals surface area contributed by atoms with Crippen molar-refractivity contribution in [2.75, 3.05) is 6.61 Å². The molecule has 0 saturated heterocycles. The van der Waals surface area contributed by atoms with Crippen molar-refractivity contribution >= 4 is 17.7 Å². The third-order valence-corrected chi connectivity index (χ3v) is 11.1. The summed E-state index contributed by atoms with van der Waals surface area (Å²) in [5.41, 5.74) is -2.95. The molecule has 4 rings (SSSR count). The normalized spacial score (nSPS) is 36.6. The third-order valence-electron chi connectivity index (χ3n) is 11.1. The fraction of sp³-hybridized carbons (Fsp3) is 0.743. The molecule has 7 atom stereocenters. The van der Waals surface area contributed by atoms with E-state index in [-0.39, 0.29) is 30.8 Å². The number of aliphatic hydroxyl groups is 2. The number of esters is 2. The van der Waals surface area contributed by atoms with Crippen molar-refractivity contribution in [2.24, 2.45) is 29.1 Å². The van der Waals surface area contributed by atoms with E-state index in [9.17, 15) is 24.6 Å². The van der Waals surface area contributed by atoms with Crippen LogP contribution in [-0.2, 0) is 23.9 Å². The minimum atomic E-state index is -1.83. The highest BCUT2D eigenvalue weighted by molar-refractivity contribution is 6.04. The standard InChI is InChI=1S/C35H52O7/c1-8-10-11-12-13-14-15-16-28(36)42-34-19-24(5)35(40)26(29(34)32(34,6)7)18-25(21-41-31(38)22(3)9-2)20-33(39)27(35)17-23(4)30(33)37/h9,17-18,24,26-27,29,39-40H,8,10-16,19-21H2,1-7H3/t24-,26+,27-,29-,33-,34+,35-/m1/s1. The number of ketones is 1. The predicted molar refractivity (Wildman–Crippen MR) is 161 cm³/mol. The van der Waals surface area contributed by atoms with Gasteiger partial charge >= 0.3 is 11.9 Å². The Morgan fingerprint density at radius 3 is 2.36 bits per heavy atom. The zero-order valence-electron chi connectivity index (χ0n) is 26.8. The maximum atomic E-state index is 13.4. The zero-order valence-corrected chi connectivity index (χ0v) is 26.8. The lowest BCUT2D eigenvalue weighted by molar-refractivity contribution is -0.187. The van der Waals surface area contributed by atoms with E-state index in [2.05, 4.69) is 20.8 Å². The number of rotatable bonds is 12. The van der Waals surface area contributed by atoms with Gasteiger partial charge < -0.3 is 19.7 Å². The van der Waals surface area contributed by atoms with Gasteiger partial charge in [0.2, 0.25) is 0 Å². The Bertz CT molecular complexity index is 1180. The summed E-state index contributed by atoms with van der Waals surface area (Å²) < 4.78 is 11.9. The summed E-state index contributed by atoms with van der Waals surface area (Å²) in [6.45, 7) is 13.3. The van der Waals surface area contributed by atoms with Crippen LogP contribution in [0.3, 0.4) is 0 Å². The summed E-state index contributed by atoms with van der Waals surface area (Å²) in [5.74, 6) is -2.98. The van der Waals surface area contributed by atoms with Gasteiger partial charge in [0.1, 0.15) is 17.8 Å². The van der Waals surface area contributed by atoms with Crippen LogP contribution in [0, 0.1) is 29.1 Å². The molecule has 42 heavy (non-hydrogen) atoms. The second kappa shape index (κ2) is 12.0. The summed E-state index contributed by atoms with van der Waals surface area (Å²) in [6.07, 6.45) is 13.9. The van der Waals surface area contributed by atoms with Gasteiger partial charge in [-0.2, -0.15) is 0 Å². The summed E-state index contributed by atoms with van der Waals surface area (Å²) in [6, 6.07) is 0. The van der Waals surface area contributed by atoms with Crippen molar-refractivity contribution in [1.82, 2.24) is 0 Å². The van der Waals surface area contributed by atoms with Crippen molar-refractivity contribution in [3.8, 4) is 0 Å². The lowest BCUT2D eigenvalue weighted by atomic mass is 9.60. The molecule has 4 aliphatic rings. The minimum absolute atomic E-state index is 0.0315. The van der Waals surface area contributed by atoms with Crippen molar-refractivity contribution in [2.45, 2.75) is 129 Å². The van der Waals surface area contributed by atoms with Crippen LogP contribution in [0.5, 0.6) is 0 Å². The number of unbranched alkanes of at least 4 members (excludes halogenated alkanes) is 6. The van der Waals surface area contributed by atoms with Crippen LogP contribution in [0.1, 0.15) is 113 Å². The van der Waals surface area contributed by atoms with Gasteiger partial charge in [-0.1, -0.05) is 84.4 Å². The monoisotopic (exact) mass is 584 g/mol. The quantitative estimate of drug-likeness (QED) is 0.122. The van der Waals surface area contributed by atoms with Gasteiger partial charge in [0.05, 0.1) is 5.60 Å². The minimum Gasteiger partial charge on any atom is -0.458 e. The summed E-state index contributed by atoms with van der Waals surface area (Å²) in [4.78, 5) is 39.0. The molecule has 0 radical (unpaired) electrons. The highest BCUT2D eigenvalue weighted by Gasteiger charge is 2.83. The molecular weight excluding hydrogens is 532 g/mol. The number of carbonyl (C=O) groups excluding carboxylic acids is 3. The Morgan fingerprint density at radius 2 is 1.71 bits per heavy atom. The highest BCUT2D eigenvalue weighted by Crippen LogP contribution is 2.76. The SMILES string of the molecule is CC=C(C)C(=O)OCC1=C[C@H]2[C@@H]3C(C)(C)[C@]3(OC(=O)CCCCCCCCC)C[C@@H](C)[C@]2(O)[C@@H]2C=C(C)C(=O)[C@@]2(O)C1. The summed E-state index contributed by atoms with van der Waals surface area (Å²) in [5, 5.41) is 24.5. The lowest BCUT2D eigenvalue weighted by Crippen LogP contribution is -2.61. The van der Waals surface area contributed by atoms with Crippen LogP contribution in [0.25, 0.3) is 0 Å². The van der Waals surface area contributed by atoms with Gasteiger partial charge in [-0.05, 0) is 50.7 Å². The first kappa shape index (κ1) is 32.7. The average molecular weight is 585 g/mol. The van der Waals surface area contributed by atoms with Gasteiger partial charge in [0.25, 0.3) is 0 Å². The van der Waals surface area contributed by atoms with Crippen LogP contribution in [-0.4, -0.2) is 51.3 Å². The molecule has 0 aromatic heterocycles. The van der Waals surface area contributed by atoms with Gasteiger partial charge in [-0.25, -0.2) is 4.79 Å². The number of hydrogen-bond acceptors (Lipinski definition) is 7. The Kier molecular flexibility index (Phi) is 9.36. The second-order valence-electron chi connectivity index (χ2n) is 14.1. The maximum absolute atomic E-state index is 13.4. The molecule has 0 aromatic carbocycles. The van der Waals surface area contributed by atoms with Crippen LogP contribution in [0.4, 0.5) is 0 Å². The Morgan fingerprint density at radius 1 is 1.07 bits per heavy atom. The van der Waals surface area contributed by atoms with E-state index in [1.165, 1.54) is 25.7 Å². The molecule has 7 heteroatoms. The fourth-order valence-corrected chi connectivity index (χ4v) is 8.46. The molecule has 0 spiro atoms. The fourth-order valence-electron chi connectivity index (χ4n) is 8.46. The molecular formula is C35H52O7. The van der Waals surface area contributed by atoms with Gasteiger partial charge in [0.15, 0.2) is 5.78 Å². The Balaban J connectivity index is 1.60. The van der Waals surface area contributed by atoms with E-state index in [0.717, 1.165) is 19.3 Å². The number of allylic oxidation sites excluding steroid dienone is 1. The number of carbonyl (C=O) groups is 3. The Labute approximate surface area is 251 Å². The first-order chi connectivity index (χ1) is 19.7. The third kappa shape index (κ3) is 5.34. The smallest absolute Gasteiger partial charge is 0.333 e. The molecule has 234 valence electrons. The molecule has 2 N–H and O–H groups in total. The van der Waals surface area contributed by atoms with Crippen molar-refractivity contribution < 1.29 is 34.1 Å². The number of fused-ring (bicyclic) bond motifs is 5. The largest absolute Gasteiger partial charge is 0.458 e.